The number of hydrogen-bond acceptors (Lipinski definition) is 5. The van der Waals surface area contributed by atoms with Gasteiger partial charge in [-0.2, -0.15) is 0 Å². The molecule has 1 unspecified atom stereocenters. The Balaban J connectivity index is 1.52. The van der Waals surface area contributed by atoms with Crippen LogP contribution in [0.1, 0.15) is 32.1 Å². The predicted molar refractivity (Wildman–Crippen MR) is 80.0 cm³/mol. The van der Waals surface area contributed by atoms with E-state index in [9.17, 15) is 4.79 Å². The number of nitrogens with zero attached hydrogens (tertiary/aromatic N) is 3. The van der Waals surface area contributed by atoms with Gasteiger partial charge in [-0.25, -0.2) is 14.8 Å². The number of likely N-dealkylation sites (tertiary alicyclic amines) is 1. The molecular formula is C15H22N4O3. The van der Waals surface area contributed by atoms with E-state index in [0.717, 1.165) is 19.3 Å². The normalized spacial score (nSPS) is 21.9. The molecule has 7 nitrogen and oxygen atoms in total. The average Bonchev–Trinajstić information content (AvgIpc) is 3.19. The molecule has 0 spiro atoms. The molecule has 1 N–H and O–H groups in total. The Kier molecular flexibility index (Phi) is 4.60. The third-order valence-corrected chi connectivity index (χ3v) is 4.22. The largest absolute Gasteiger partial charge is 0.477 e. The summed E-state index contributed by atoms with van der Waals surface area (Å²) in [6.07, 6.45) is 8.45. The summed E-state index contributed by atoms with van der Waals surface area (Å²) >= 11 is 0. The first-order valence-corrected chi connectivity index (χ1v) is 7.83. The maximum absolute atomic E-state index is 12.2. The molecule has 22 heavy (non-hydrogen) atoms. The third-order valence-electron chi connectivity index (χ3n) is 4.22. The fraction of sp³-hybridized carbons (Fsp3) is 0.667. The maximum Gasteiger partial charge on any atom is 0.317 e. The predicted octanol–water partition coefficient (Wildman–Crippen LogP) is 1.59. The number of aromatic nitrogens is 2. The molecule has 2 fully saturated rings. The van der Waals surface area contributed by atoms with E-state index in [2.05, 4.69) is 15.3 Å². The van der Waals surface area contributed by atoms with Gasteiger partial charge in [0.2, 0.25) is 0 Å². The number of rotatable bonds is 4. The van der Waals surface area contributed by atoms with E-state index in [1.54, 1.807) is 12.4 Å². The summed E-state index contributed by atoms with van der Waals surface area (Å²) in [4.78, 5) is 22.2. The Morgan fingerprint density at radius 2 is 1.95 bits per heavy atom. The molecule has 1 atom stereocenters. The summed E-state index contributed by atoms with van der Waals surface area (Å²) in [6, 6.07) is 0.358. The standard InChI is InChI=1S/C15H22N4O3/c1-21-13-14(17-8-7-16-13)22-12-6-9-19(10-12)15(20)18-11-4-2-3-5-11/h7-8,11-12H,2-6,9-10H2,1H3,(H,18,20). The molecule has 0 radical (unpaired) electrons. The molecule has 1 saturated carbocycles. The van der Waals surface area contributed by atoms with Crippen LogP contribution >= 0.6 is 0 Å². The lowest BCUT2D eigenvalue weighted by atomic mass is 10.2. The second-order valence-electron chi connectivity index (χ2n) is 5.78. The molecule has 7 heteroatoms. The highest BCUT2D eigenvalue weighted by atomic mass is 16.5. The van der Waals surface area contributed by atoms with Crippen LogP contribution in [-0.4, -0.2) is 53.2 Å². The van der Waals surface area contributed by atoms with Crippen molar-refractivity contribution in [3.8, 4) is 11.8 Å². The van der Waals surface area contributed by atoms with Gasteiger partial charge in [-0.1, -0.05) is 12.8 Å². The molecule has 1 saturated heterocycles. The average molecular weight is 306 g/mol. The number of ether oxygens (including phenoxy) is 2. The molecule has 2 heterocycles. The van der Waals surface area contributed by atoms with Crippen LogP contribution in [0.2, 0.25) is 0 Å². The van der Waals surface area contributed by atoms with Crippen molar-refractivity contribution in [3.05, 3.63) is 12.4 Å². The first kappa shape index (κ1) is 14.9. The number of amides is 2. The number of methoxy groups -OCH3 is 1. The van der Waals surface area contributed by atoms with Gasteiger partial charge in [0.15, 0.2) is 0 Å². The van der Waals surface area contributed by atoms with Crippen LogP contribution in [-0.2, 0) is 0 Å². The highest BCUT2D eigenvalue weighted by Gasteiger charge is 2.30. The highest BCUT2D eigenvalue weighted by Crippen LogP contribution is 2.24. The number of hydrogen-bond donors (Lipinski definition) is 1. The van der Waals surface area contributed by atoms with Gasteiger partial charge < -0.3 is 19.7 Å². The SMILES string of the molecule is COc1nccnc1OC1CCN(C(=O)NC2CCCC2)C1. The van der Waals surface area contributed by atoms with Gasteiger partial charge in [0.1, 0.15) is 6.10 Å². The lowest BCUT2D eigenvalue weighted by Crippen LogP contribution is -2.43. The second kappa shape index (κ2) is 6.81. The summed E-state index contributed by atoms with van der Waals surface area (Å²) in [5.74, 6) is 0.754. The van der Waals surface area contributed by atoms with Crippen LogP contribution in [0.4, 0.5) is 4.79 Å². The van der Waals surface area contributed by atoms with E-state index >= 15 is 0 Å². The zero-order chi connectivity index (χ0) is 15.4. The molecule has 1 aromatic rings. The van der Waals surface area contributed by atoms with Gasteiger partial charge in [0, 0.05) is 31.4 Å². The van der Waals surface area contributed by atoms with Crippen molar-refractivity contribution in [1.82, 2.24) is 20.2 Å². The van der Waals surface area contributed by atoms with Crippen molar-refractivity contribution < 1.29 is 14.3 Å². The van der Waals surface area contributed by atoms with E-state index in [0.29, 0.717) is 30.9 Å². The second-order valence-corrected chi connectivity index (χ2v) is 5.78. The monoisotopic (exact) mass is 306 g/mol. The minimum absolute atomic E-state index is 0.0177. The number of carbonyl (C=O) groups excluding carboxylic acids is 1. The fourth-order valence-electron chi connectivity index (χ4n) is 3.04. The summed E-state index contributed by atoms with van der Waals surface area (Å²) in [6.45, 7) is 1.27. The Labute approximate surface area is 130 Å². The summed E-state index contributed by atoms with van der Waals surface area (Å²) in [5, 5.41) is 3.11. The Bertz CT molecular complexity index is 519. The molecule has 120 valence electrons. The van der Waals surface area contributed by atoms with Gasteiger partial charge in [-0.05, 0) is 12.8 Å². The lowest BCUT2D eigenvalue weighted by molar-refractivity contribution is 0.175. The topological polar surface area (TPSA) is 76.6 Å². The number of urea groups is 1. The molecule has 3 rings (SSSR count). The summed E-state index contributed by atoms with van der Waals surface area (Å²) in [5.41, 5.74) is 0. The van der Waals surface area contributed by atoms with Gasteiger partial charge in [0.05, 0.1) is 13.7 Å². The third kappa shape index (κ3) is 3.40. The van der Waals surface area contributed by atoms with Crippen LogP contribution in [0, 0.1) is 0 Å². The van der Waals surface area contributed by atoms with Crippen LogP contribution < -0.4 is 14.8 Å². The first-order valence-electron chi connectivity index (χ1n) is 7.83. The van der Waals surface area contributed by atoms with E-state index in [4.69, 9.17) is 9.47 Å². The van der Waals surface area contributed by atoms with Crippen molar-refractivity contribution >= 4 is 6.03 Å². The fourth-order valence-corrected chi connectivity index (χ4v) is 3.04. The summed E-state index contributed by atoms with van der Waals surface area (Å²) in [7, 11) is 1.53. The van der Waals surface area contributed by atoms with Crippen molar-refractivity contribution in [3.63, 3.8) is 0 Å². The van der Waals surface area contributed by atoms with Gasteiger partial charge in [-0.15, -0.1) is 0 Å². The first-order chi connectivity index (χ1) is 10.8. The Hall–Kier alpha value is -2.05. The van der Waals surface area contributed by atoms with Gasteiger partial charge in [-0.3, -0.25) is 0 Å². The molecule has 1 aliphatic heterocycles. The van der Waals surface area contributed by atoms with Crippen molar-refractivity contribution in [2.24, 2.45) is 0 Å². The molecule has 0 aromatic carbocycles. The Morgan fingerprint density at radius 1 is 1.23 bits per heavy atom. The van der Waals surface area contributed by atoms with Gasteiger partial charge in [0.25, 0.3) is 11.8 Å². The number of carbonyl (C=O) groups is 1. The minimum Gasteiger partial charge on any atom is -0.477 e. The lowest BCUT2D eigenvalue weighted by Gasteiger charge is -2.20. The Morgan fingerprint density at radius 3 is 2.68 bits per heavy atom. The zero-order valence-electron chi connectivity index (χ0n) is 12.8. The number of nitrogens with one attached hydrogen (secondary N) is 1. The minimum atomic E-state index is -0.0695. The molecule has 2 amide bonds. The smallest absolute Gasteiger partial charge is 0.317 e. The zero-order valence-corrected chi connectivity index (χ0v) is 12.8. The van der Waals surface area contributed by atoms with E-state index in [1.165, 1.54) is 20.0 Å². The van der Waals surface area contributed by atoms with E-state index in [1.807, 2.05) is 4.90 Å². The van der Waals surface area contributed by atoms with Crippen molar-refractivity contribution in [1.29, 1.82) is 0 Å². The van der Waals surface area contributed by atoms with Crippen LogP contribution in [0.25, 0.3) is 0 Å². The van der Waals surface area contributed by atoms with E-state index < -0.39 is 0 Å². The molecular weight excluding hydrogens is 284 g/mol. The van der Waals surface area contributed by atoms with Gasteiger partial charge >= 0.3 is 6.03 Å². The van der Waals surface area contributed by atoms with E-state index in [-0.39, 0.29) is 12.1 Å². The molecule has 1 aromatic heterocycles. The molecule has 1 aliphatic carbocycles. The van der Waals surface area contributed by atoms with Crippen LogP contribution in [0.15, 0.2) is 12.4 Å². The maximum atomic E-state index is 12.2. The summed E-state index contributed by atoms with van der Waals surface area (Å²) < 4.78 is 11.0. The molecule has 0 bridgehead atoms. The van der Waals surface area contributed by atoms with Crippen molar-refractivity contribution in [2.75, 3.05) is 20.2 Å². The highest BCUT2D eigenvalue weighted by molar-refractivity contribution is 5.74. The molecule has 2 aliphatic rings. The van der Waals surface area contributed by atoms with Crippen molar-refractivity contribution in [2.45, 2.75) is 44.2 Å². The van der Waals surface area contributed by atoms with Crippen LogP contribution in [0.3, 0.4) is 0 Å². The quantitative estimate of drug-likeness (QED) is 0.914. The van der Waals surface area contributed by atoms with Crippen LogP contribution in [0.5, 0.6) is 11.8 Å².